The van der Waals surface area contributed by atoms with Gasteiger partial charge in [0.15, 0.2) is 0 Å². The van der Waals surface area contributed by atoms with Crippen LogP contribution in [0.4, 0.5) is 4.39 Å². The summed E-state index contributed by atoms with van der Waals surface area (Å²) in [7, 11) is 1.97. The van der Waals surface area contributed by atoms with Crippen LogP contribution in [0.15, 0.2) is 36.7 Å². The van der Waals surface area contributed by atoms with E-state index in [9.17, 15) is 9.18 Å². The molecule has 1 fully saturated rings. The van der Waals surface area contributed by atoms with E-state index >= 15 is 0 Å². The second-order valence-corrected chi connectivity index (χ2v) is 6.66. The topological polar surface area (TPSA) is 51.0 Å². The number of likely N-dealkylation sites (tertiary alicyclic amines) is 1. The van der Waals surface area contributed by atoms with E-state index in [1.54, 1.807) is 17.3 Å². The van der Waals surface area contributed by atoms with E-state index in [1.807, 2.05) is 17.7 Å². The van der Waals surface area contributed by atoms with Crippen LogP contribution >= 0.6 is 11.6 Å². The van der Waals surface area contributed by atoms with Gasteiger partial charge in [-0.25, -0.2) is 9.37 Å². The quantitative estimate of drug-likeness (QED) is 0.705. The molecule has 0 N–H and O–H groups in total. The number of benzene rings is 1. The van der Waals surface area contributed by atoms with Crippen LogP contribution in [-0.2, 0) is 7.05 Å². The lowest BCUT2D eigenvalue weighted by molar-refractivity contribution is 0.0790. The van der Waals surface area contributed by atoms with Crippen LogP contribution in [-0.4, -0.2) is 38.4 Å². The Labute approximate surface area is 149 Å². The molecule has 3 heterocycles. The van der Waals surface area contributed by atoms with Crippen molar-refractivity contribution >= 4 is 28.5 Å². The second-order valence-electron chi connectivity index (χ2n) is 6.25. The van der Waals surface area contributed by atoms with Gasteiger partial charge in [-0.05, 0) is 30.7 Å². The molecule has 1 aliphatic heterocycles. The third-order valence-electron chi connectivity index (χ3n) is 4.72. The van der Waals surface area contributed by atoms with Crippen molar-refractivity contribution in [2.45, 2.75) is 12.3 Å². The van der Waals surface area contributed by atoms with E-state index in [-0.39, 0.29) is 16.8 Å². The largest absolute Gasteiger partial charge is 0.338 e. The molecule has 7 heteroatoms. The van der Waals surface area contributed by atoms with Gasteiger partial charge in [-0.2, -0.15) is 0 Å². The van der Waals surface area contributed by atoms with Gasteiger partial charge in [-0.1, -0.05) is 11.6 Å². The highest BCUT2D eigenvalue weighted by atomic mass is 35.5. The number of fused-ring (bicyclic) bond motifs is 1. The molecule has 0 unspecified atom stereocenters. The van der Waals surface area contributed by atoms with Crippen LogP contribution in [0.2, 0.25) is 5.02 Å². The fourth-order valence-electron chi connectivity index (χ4n) is 3.41. The fraction of sp³-hybridized carbons (Fsp3) is 0.278. The van der Waals surface area contributed by atoms with E-state index < -0.39 is 5.82 Å². The lowest BCUT2D eigenvalue weighted by Crippen LogP contribution is -2.29. The number of hydrogen-bond acceptors (Lipinski definition) is 3. The summed E-state index contributed by atoms with van der Waals surface area (Å²) in [5.41, 5.74) is 2.21. The summed E-state index contributed by atoms with van der Waals surface area (Å²) in [6.07, 6.45) is 4.34. The molecule has 1 atom stereocenters. The SMILES string of the molecule is Cn1c([C@H]2CCN(C(=O)c3ccc(F)cc3Cl)C2)nc2ccncc21. The van der Waals surface area contributed by atoms with Gasteiger partial charge >= 0.3 is 0 Å². The number of halogens is 2. The number of pyridine rings is 1. The van der Waals surface area contributed by atoms with Gasteiger partial charge in [-0.15, -0.1) is 0 Å². The van der Waals surface area contributed by atoms with E-state index in [4.69, 9.17) is 16.6 Å². The molecule has 0 aliphatic carbocycles. The van der Waals surface area contributed by atoms with E-state index in [1.165, 1.54) is 18.2 Å². The lowest BCUT2D eigenvalue weighted by Gasteiger charge is -2.17. The molecular weight excluding hydrogens is 343 g/mol. The smallest absolute Gasteiger partial charge is 0.255 e. The van der Waals surface area contributed by atoms with Crippen molar-refractivity contribution in [1.82, 2.24) is 19.4 Å². The number of aryl methyl sites for hydroxylation is 1. The first-order valence-electron chi connectivity index (χ1n) is 8.05. The maximum absolute atomic E-state index is 13.2. The van der Waals surface area contributed by atoms with Gasteiger partial charge < -0.3 is 9.47 Å². The first-order valence-corrected chi connectivity index (χ1v) is 8.43. The lowest BCUT2D eigenvalue weighted by atomic mass is 10.1. The Morgan fingerprint density at radius 3 is 2.96 bits per heavy atom. The van der Waals surface area contributed by atoms with Crippen molar-refractivity contribution in [3.05, 3.63) is 58.9 Å². The molecule has 0 saturated carbocycles. The number of aromatic nitrogens is 3. The zero-order chi connectivity index (χ0) is 17.6. The Kier molecular flexibility index (Phi) is 3.92. The predicted octanol–water partition coefficient (Wildman–Crippen LogP) is 3.39. The third-order valence-corrected chi connectivity index (χ3v) is 5.03. The second kappa shape index (κ2) is 6.11. The minimum Gasteiger partial charge on any atom is -0.338 e. The average Bonchev–Trinajstić information content (AvgIpc) is 3.20. The van der Waals surface area contributed by atoms with E-state index in [0.717, 1.165) is 23.3 Å². The van der Waals surface area contributed by atoms with Gasteiger partial charge in [0.2, 0.25) is 0 Å². The number of amides is 1. The maximum Gasteiger partial charge on any atom is 0.255 e. The summed E-state index contributed by atoms with van der Waals surface area (Å²) in [6, 6.07) is 5.75. The molecule has 1 amide bonds. The fourth-order valence-corrected chi connectivity index (χ4v) is 3.66. The Bertz CT molecular complexity index is 971. The molecule has 5 nitrogen and oxygen atoms in total. The van der Waals surface area contributed by atoms with Crippen molar-refractivity contribution in [2.24, 2.45) is 7.05 Å². The maximum atomic E-state index is 13.2. The first kappa shape index (κ1) is 16.0. The van der Waals surface area contributed by atoms with Crippen molar-refractivity contribution in [3.63, 3.8) is 0 Å². The van der Waals surface area contributed by atoms with Crippen LogP contribution in [0.25, 0.3) is 11.0 Å². The highest BCUT2D eigenvalue weighted by Gasteiger charge is 2.31. The number of hydrogen-bond donors (Lipinski definition) is 0. The third kappa shape index (κ3) is 2.76. The predicted molar refractivity (Wildman–Crippen MR) is 93.2 cm³/mol. The minimum atomic E-state index is -0.450. The molecule has 128 valence electrons. The van der Waals surface area contributed by atoms with E-state index in [2.05, 4.69) is 4.98 Å². The van der Waals surface area contributed by atoms with Crippen molar-refractivity contribution in [3.8, 4) is 0 Å². The highest BCUT2D eigenvalue weighted by Crippen LogP contribution is 2.30. The van der Waals surface area contributed by atoms with Crippen molar-refractivity contribution < 1.29 is 9.18 Å². The molecular formula is C18H16ClFN4O. The first-order chi connectivity index (χ1) is 12.0. The number of rotatable bonds is 2. The van der Waals surface area contributed by atoms with E-state index in [0.29, 0.717) is 18.7 Å². The number of imidazole rings is 1. The van der Waals surface area contributed by atoms with Gasteiger partial charge in [0.1, 0.15) is 11.6 Å². The standard InChI is InChI=1S/C18H16ClFN4O/c1-23-16-9-21-6-4-15(16)22-17(23)11-5-7-24(10-11)18(25)13-3-2-12(20)8-14(13)19/h2-4,6,8-9,11H,5,7,10H2,1H3/t11-/m0/s1. The average molecular weight is 359 g/mol. The summed E-state index contributed by atoms with van der Waals surface area (Å²) >= 11 is 6.02. The summed E-state index contributed by atoms with van der Waals surface area (Å²) in [4.78, 5) is 23.3. The van der Waals surface area contributed by atoms with Crippen molar-refractivity contribution in [2.75, 3.05) is 13.1 Å². The molecule has 25 heavy (non-hydrogen) atoms. The van der Waals surface area contributed by atoms with Crippen LogP contribution < -0.4 is 0 Å². The minimum absolute atomic E-state index is 0.141. The Balaban J connectivity index is 1.58. The van der Waals surface area contributed by atoms with Gasteiger partial charge in [0, 0.05) is 32.3 Å². The molecule has 4 rings (SSSR count). The number of carbonyl (C=O) groups excluding carboxylic acids is 1. The van der Waals surface area contributed by atoms with Crippen LogP contribution in [0.3, 0.4) is 0 Å². The van der Waals surface area contributed by atoms with Crippen LogP contribution in [0.5, 0.6) is 0 Å². The Morgan fingerprint density at radius 2 is 2.20 bits per heavy atom. The molecule has 1 aliphatic rings. The van der Waals surface area contributed by atoms with Crippen LogP contribution in [0, 0.1) is 5.82 Å². The zero-order valence-corrected chi connectivity index (χ0v) is 14.4. The summed E-state index contributed by atoms with van der Waals surface area (Å²) in [6.45, 7) is 1.19. The summed E-state index contributed by atoms with van der Waals surface area (Å²) in [5, 5.41) is 0.141. The van der Waals surface area contributed by atoms with Crippen molar-refractivity contribution in [1.29, 1.82) is 0 Å². The molecule has 0 spiro atoms. The molecule has 0 radical (unpaired) electrons. The molecule has 1 aromatic carbocycles. The number of nitrogens with zero attached hydrogens (tertiary/aromatic N) is 4. The summed E-state index contributed by atoms with van der Waals surface area (Å²) < 4.78 is 15.2. The zero-order valence-electron chi connectivity index (χ0n) is 13.6. The highest BCUT2D eigenvalue weighted by molar-refractivity contribution is 6.33. The molecule has 1 saturated heterocycles. The molecule has 3 aromatic rings. The normalized spacial score (nSPS) is 17.4. The van der Waals surface area contributed by atoms with Gasteiger partial charge in [0.05, 0.1) is 27.8 Å². The Hall–Kier alpha value is -2.47. The van der Waals surface area contributed by atoms with Gasteiger partial charge in [-0.3, -0.25) is 9.78 Å². The number of carbonyl (C=O) groups is 1. The Morgan fingerprint density at radius 1 is 1.36 bits per heavy atom. The molecule has 2 aromatic heterocycles. The summed E-state index contributed by atoms with van der Waals surface area (Å²) in [5.74, 6) is 0.478. The monoisotopic (exact) mass is 358 g/mol. The van der Waals surface area contributed by atoms with Crippen LogP contribution in [0.1, 0.15) is 28.5 Å². The van der Waals surface area contributed by atoms with Gasteiger partial charge in [0.25, 0.3) is 5.91 Å². The molecule has 0 bridgehead atoms.